The lowest BCUT2D eigenvalue weighted by molar-refractivity contribution is 0.520. The Labute approximate surface area is 149 Å². The normalized spacial score (nSPS) is 12.4. The second-order valence-corrected chi connectivity index (χ2v) is 9.92. The van der Waals surface area contributed by atoms with Crippen molar-refractivity contribution >= 4 is 25.7 Å². The van der Waals surface area contributed by atoms with Gasteiger partial charge in [0.2, 0.25) is 10.0 Å². The van der Waals surface area contributed by atoms with Gasteiger partial charge in [0.25, 0.3) is 10.0 Å². The summed E-state index contributed by atoms with van der Waals surface area (Å²) in [6.07, 6.45) is 0. The molecule has 0 amide bonds. The van der Waals surface area contributed by atoms with E-state index in [0.29, 0.717) is 11.1 Å². The third-order valence-electron chi connectivity index (χ3n) is 3.74. The number of hydrogen-bond acceptors (Lipinski definition) is 4. The van der Waals surface area contributed by atoms with Crippen molar-refractivity contribution in [2.75, 3.05) is 18.8 Å². The largest absolute Gasteiger partial charge is 0.280 e. The van der Waals surface area contributed by atoms with Crippen molar-refractivity contribution in [1.29, 1.82) is 0 Å². The van der Waals surface area contributed by atoms with E-state index in [9.17, 15) is 16.8 Å². The lowest BCUT2D eigenvalue weighted by atomic mass is 10.1. The Balaban J connectivity index is 2.47. The van der Waals surface area contributed by atoms with Gasteiger partial charge in [0.15, 0.2) is 0 Å². The van der Waals surface area contributed by atoms with Gasteiger partial charge in [-0.1, -0.05) is 23.8 Å². The maximum Gasteiger partial charge on any atom is 0.262 e. The summed E-state index contributed by atoms with van der Waals surface area (Å²) in [6, 6.07) is 9.36. The maximum atomic E-state index is 12.8. The number of rotatable bonds is 5. The molecular formula is C17H22N2O4S2. The predicted molar refractivity (Wildman–Crippen MR) is 98.8 cm³/mol. The highest BCUT2D eigenvalue weighted by Gasteiger charge is 2.22. The molecule has 25 heavy (non-hydrogen) atoms. The first-order valence-corrected chi connectivity index (χ1v) is 10.5. The molecule has 0 radical (unpaired) electrons. The van der Waals surface area contributed by atoms with Crippen LogP contribution in [0.2, 0.25) is 0 Å². The summed E-state index contributed by atoms with van der Waals surface area (Å²) in [4.78, 5) is 0.231. The quantitative estimate of drug-likeness (QED) is 0.862. The molecule has 0 saturated heterocycles. The average molecular weight is 383 g/mol. The highest BCUT2D eigenvalue weighted by Crippen LogP contribution is 2.25. The lowest BCUT2D eigenvalue weighted by Gasteiger charge is -2.15. The summed E-state index contributed by atoms with van der Waals surface area (Å²) < 4.78 is 53.5. The van der Waals surface area contributed by atoms with Crippen LogP contribution in [0.3, 0.4) is 0 Å². The second-order valence-electron chi connectivity index (χ2n) is 6.15. The molecule has 2 aromatic rings. The van der Waals surface area contributed by atoms with E-state index in [1.54, 1.807) is 26.0 Å². The number of benzene rings is 2. The summed E-state index contributed by atoms with van der Waals surface area (Å²) in [5.74, 6) is 0. The van der Waals surface area contributed by atoms with Gasteiger partial charge in [-0.05, 0) is 50.1 Å². The zero-order valence-corrected chi connectivity index (χ0v) is 16.5. The van der Waals surface area contributed by atoms with Crippen molar-refractivity contribution in [3.8, 4) is 0 Å². The molecule has 2 rings (SSSR count). The van der Waals surface area contributed by atoms with Crippen LogP contribution in [-0.2, 0) is 20.0 Å². The van der Waals surface area contributed by atoms with Gasteiger partial charge in [-0.25, -0.2) is 21.1 Å². The first kappa shape index (κ1) is 19.4. The molecule has 0 atom stereocenters. The van der Waals surface area contributed by atoms with Crippen molar-refractivity contribution < 1.29 is 16.8 Å². The molecule has 136 valence electrons. The molecule has 0 fully saturated rings. The van der Waals surface area contributed by atoms with Crippen LogP contribution in [0.5, 0.6) is 0 Å². The molecule has 0 aliphatic rings. The van der Waals surface area contributed by atoms with Crippen molar-refractivity contribution in [2.24, 2.45) is 0 Å². The third kappa shape index (κ3) is 4.02. The Morgan fingerprint density at radius 3 is 1.96 bits per heavy atom. The van der Waals surface area contributed by atoms with Crippen LogP contribution < -0.4 is 4.72 Å². The molecule has 0 spiro atoms. The Morgan fingerprint density at radius 2 is 1.44 bits per heavy atom. The fourth-order valence-corrected chi connectivity index (χ4v) is 5.18. The summed E-state index contributed by atoms with van der Waals surface area (Å²) in [5.41, 5.74) is 2.46. The fraction of sp³-hybridized carbons (Fsp3) is 0.294. The summed E-state index contributed by atoms with van der Waals surface area (Å²) in [6.45, 7) is 5.38. The minimum Gasteiger partial charge on any atom is -0.280 e. The van der Waals surface area contributed by atoms with Crippen molar-refractivity contribution in [3.63, 3.8) is 0 Å². The van der Waals surface area contributed by atoms with E-state index in [-0.39, 0.29) is 15.5 Å². The van der Waals surface area contributed by atoms with Crippen LogP contribution in [-0.4, -0.2) is 35.2 Å². The van der Waals surface area contributed by atoms with Crippen LogP contribution in [0.15, 0.2) is 46.2 Å². The number of sulfonamides is 2. The Bertz CT molecular complexity index is 988. The minimum absolute atomic E-state index is 0.0232. The van der Waals surface area contributed by atoms with Crippen LogP contribution in [0.1, 0.15) is 16.7 Å². The summed E-state index contributed by atoms with van der Waals surface area (Å²) in [5, 5.41) is 0. The number of anilines is 1. The van der Waals surface area contributed by atoms with Crippen LogP contribution in [0.25, 0.3) is 0 Å². The number of hydrogen-bond donors (Lipinski definition) is 1. The van der Waals surface area contributed by atoms with Crippen molar-refractivity contribution in [1.82, 2.24) is 4.31 Å². The van der Waals surface area contributed by atoms with E-state index < -0.39 is 20.0 Å². The summed E-state index contributed by atoms with van der Waals surface area (Å²) >= 11 is 0. The fourth-order valence-electron chi connectivity index (χ4n) is 2.73. The molecule has 6 nitrogen and oxygen atoms in total. The van der Waals surface area contributed by atoms with E-state index in [0.717, 1.165) is 9.87 Å². The Hall–Kier alpha value is -1.90. The molecule has 0 bridgehead atoms. The molecular weight excluding hydrogens is 360 g/mol. The third-order valence-corrected chi connectivity index (χ3v) is 7.24. The van der Waals surface area contributed by atoms with Crippen LogP contribution >= 0.6 is 0 Å². The molecule has 0 aliphatic carbocycles. The van der Waals surface area contributed by atoms with E-state index in [4.69, 9.17) is 0 Å². The van der Waals surface area contributed by atoms with E-state index >= 15 is 0 Å². The van der Waals surface area contributed by atoms with Gasteiger partial charge in [-0.3, -0.25) is 4.72 Å². The van der Waals surface area contributed by atoms with Gasteiger partial charge in [-0.2, -0.15) is 0 Å². The van der Waals surface area contributed by atoms with Crippen molar-refractivity contribution in [3.05, 3.63) is 53.1 Å². The Morgan fingerprint density at radius 1 is 0.880 bits per heavy atom. The SMILES string of the molecule is Cc1cc(C)c(S(=O)(=O)Nc2cccc(S(=O)(=O)N(C)C)c2)c(C)c1. The second kappa shape index (κ2) is 6.78. The van der Waals surface area contributed by atoms with Gasteiger partial charge in [0, 0.05) is 14.1 Å². The molecule has 8 heteroatoms. The number of nitrogens with one attached hydrogen (secondary N) is 1. The zero-order chi connectivity index (χ0) is 19.0. The van der Waals surface area contributed by atoms with E-state index in [1.807, 2.05) is 6.92 Å². The predicted octanol–water partition coefficient (Wildman–Crippen LogP) is 2.66. The zero-order valence-electron chi connectivity index (χ0n) is 14.9. The average Bonchev–Trinajstić information content (AvgIpc) is 2.45. The standard InChI is InChI=1S/C17H22N2O4S2/c1-12-9-13(2)17(14(3)10-12)24(20,21)18-15-7-6-8-16(11-15)25(22,23)19(4)5/h6-11,18H,1-5H3. The highest BCUT2D eigenvalue weighted by atomic mass is 32.2. The molecule has 0 aliphatic heterocycles. The van der Waals surface area contributed by atoms with Gasteiger partial charge in [-0.15, -0.1) is 0 Å². The number of nitrogens with zero attached hydrogens (tertiary/aromatic N) is 1. The van der Waals surface area contributed by atoms with Gasteiger partial charge >= 0.3 is 0 Å². The maximum absolute atomic E-state index is 12.8. The molecule has 0 unspecified atom stereocenters. The smallest absolute Gasteiger partial charge is 0.262 e. The van der Waals surface area contributed by atoms with Gasteiger partial charge in [0.05, 0.1) is 15.5 Å². The highest BCUT2D eigenvalue weighted by molar-refractivity contribution is 7.92. The molecule has 0 aromatic heterocycles. The van der Waals surface area contributed by atoms with Gasteiger partial charge < -0.3 is 0 Å². The Kier molecular flexibility index (Phi) is 5.27. The van der Waals surface area contributed by atoms with Gasteiger partial charge in [0.1, 0.15) is 0 Å². The van der Waals surface area contributed by atoms with Crippen LogP contribution in [0.4, 0.5) is 5.69 Å². The number of aryl methyl sites for hydroxylation is 3. The van der Waals surface area contributed by atoms with E-state index in [2.05, 4.69) is 4.72 Å². The van der Waals surface area contributed by atoms with E-state index in [1.165, 1.54) is 38.4 Å². The lowest BCUT2D eigenvalue weighted by Crippen LogP contribution is -2.22. The monoisotopic (exact) mass is 382 g/mol. The first-order valence-electron chi connectivity index (χ1n) is 7.58. The van der Waals surface area contributed by atoms with Crippen LogP contribution in [0, 0.1) is 20.8 Å². The topological polar surface area (TPSA) is 83.5 Å². The molecule has 0 heterocycles. The summed E-state index contributed by atoms with van der Waals surface area (Å²) in [7, 11) is -4.63. The molecule has 0 saturated carbocycles. The molecule has 2 aromatic carbocycles. The minimum atomic E-state index is -3.83. The first-order chi connectivity index (χ1) is 11.4. The molecule has 1 N–H and O–H groups in total. The van der Waals surface area contributed by atoms with Crippen molar-refractivity contribution in [2.45, 2.75) is 30.6 Å².